The van der Waals surface area contributed by atoms with E-state index in [2.05, 4.69) is 5.43 Å². The number of nitrogens with zero attached hydrogens (tertiary/aromatic N) is 1. The smallest absolute Gasteiger partial charge is 0.219 e. The summed E-state index contributed by atoms with van der Waals surface area (Å²) in [4.78, 5) is 12.1. The molecule has 0 bridgehead atoms. The summed E-state index contributed by atoms with van der Waals surface area (Å²) in [5, 5.41) is 0. The SMILES string of the molecule is CC(=O)N(C)CCNN. The molecule has 0 rings (SSSR count). The largest absolute Gasteiger partial charge is 0.345 e. The first-order chi connectivity index (χ1) is 4.18. The number of rotatable bonds is 3. The van der Waals surface area contributed by atoms with Crippen LogP contribution in [0.2, 0.25) is 0 Å². The average Bonchev–Trinajstić information content (AvgIpc) is 1.82. The van der Waals surface area contributed by atoms with Crippen LogP contribution in [0.4, 0.5) is 0 Å². The van der Waals surface area contributed by atoms with Crippen LogP contribution in [-0.4, -0.2) is 30.9 Å². The van der Waals surface area contributed by atoms with Crippen molar-refractivity contribution < 1.29 is 4.79 Å². The zero-order valence-corrected chi connectivity index (χ0v) is 5.85. The number of carbonyl (C=O) groups excluding carboxylic acids is 1. The third-order valence-corrected chi connectivity index (χ3v) is 1.13. The van der Waals surface area contributed by atoms with Crippen LogP contribution < -0.4 is 11.3 Å². The molecule has 54 valence electrons. The van der Waals surface area contributed by atoms with Gasteiger partial charge >= 0.3 is 0 Å². The summed E-state index contributed by atoms with van der Waals surface area (Å²) in [6, 6.07) is 0. The topological polar surface area (TPSA) is 58.4 Å². The molecule has 0 aliphatic carbocycles. The second kappa shape index (κ2) is 4.29. The molecule has 0 fully saturated rings. The molecule has 0 saturated heterocycles. The molecule has 0 aromatic rings. The van der Waals surface area contributed by atoms with Crippen LogP contribution in [0.25, 0.3) is 0 Å². The number of likely N-dealkylation sites (N-methyl/N-ethyl adjacent to an activating group) is 1. The Morgan fingerprint density at radius 1 is 1.78 bits per heavy atom. The number of hydrazine groups is 1. The molecule has 0 saturated carbocycles. The molecule has 4 nitrogen and oxygen atoms in total. The van der Waals surface area contributed by atoms with Gasteiger partial charge in [0.15, 0.2) is 0 Å². The zero-order valence-electron chi connectivity index (χ0n) is 5.85. The quantitative estimate of drug-likeness (QED) is 0.378. The van der Waals surface area contributed by atoms with Crippen LogP contribution in [0.3, 0.4) is 0 Å². The number of nitrogens with two attached hydrogens (primary N) is 1. The lowest BCUT2D eigenvalue weighted by Gasteiger charge is -2.13. The third-order valence-electron chi connectivity index (χ3n) is 1.13. The fourth-order valence-electron chi connectivity index (χ4n) is 0.390. The monoisotopic (exact) mass is 131 g/mol. The Bertz CT molecular complexity index is 94.2. The molecule has 0 aliphatic heterocycles. The second-order valence-electron chi connectivity index (χ2n) is 1.89. The molecule has 0 aromatic heterocycles. The van der Waals surface area contributed by atoms with Crippen LogP contribution in [0, 0.1) is 0 Å². The standard InChI is InChI=1S/C5H13N3O/c1-5(9)8(2)4-3-7-6/h7H,3-4,6H2,1-2H3. The molecular formula is C5H13N3O. The van der Waals surface area contributed by atoms with Gasteiger partial charge in [0.1, 0.15) is 0 Å². The second-order valence-corrected chi connectivity index (χ2v) is 1.89. The van der Waals surface area contributed by atoms with Crippen LogP contribution in [0.15, 0.2) is 0 Å². The van der Waals surface area contributed by atoms with E-state index in [-0.39, 0.29) is 5.91 Å². The van der Waals surface area contributed by atoms with Crippen molar-refractivity contribution in [2.45, 2.75) is 6.92 Å². The van der Waals surface area contributed by atoms with Crippen molar-refractivity contribution in [3.63, 3.8) is 0 Å². The summed E-state index contributed by atoms with van der Waals surface area (Å²) in [5.41, 5.74) is 2.46. The Labute approximate surface area is 55.0 Å². The van der Waals surface area contributed by atoms with Crippen molar-refractivity contribution in [2.75, 3.05) is 20.1 Å². The van der Waals surface area contributed by atoms with Crippen molar-refractivity contribution in [1.82, 2.24) is 10.3 Å². The van der Waals surface area contributed by atoms with Crippen LogP contribution >= 0.6 is 0 Å². The number of carbonyl (C=O) groups is 1. The van der Waals surface area contributed by atoms with Gasteiger partial charge < -0.3 is 4.90 Å². The lowest BCUT2D eigenvalue weighted by molar-refractivity contribution is -0.127. The molecule has 0 heterocycles. The van der Waals surface area contributed by atoms with Crippen molar-refractivity contribution in [1.29, 1.82) is 0 Å². The minimum Gasteiger partial charge on any atom is -0.345 e. The Hall–Kier alpha value is -0.610. The maximum atomic E-state index is 10.5. The maximum Gasteiger partial charge on any atom is 0.219 e. The van der Waals surface area contributed by atoms with E-state index in [0.717, 1.165) is 0 Å². The number of hydrogen-bond acceptors (Lipinski definition) is 3. The average molecular weight is 131 g/mol. The summed E-state index contributed by atoms with van der Waals surface area (Å²) < 4.78 is 0. The van der Waals surface area contributed by atoms with Crippen LogP contribution in [0.5, 0.6) is 0 Å². The lowest BCUT2D eigenvalue weighted by atomic mass is 10.5. The van der Waals surface area contributed by atoms with Gasteiger partial charge in [0.2, 0.25) is 5.91 Å². The number of nitrogens with one attached hydrogen (secondary N) is 1. The van der Waals surface area contributed by atoms with Crippen LogP contribution in [0.1, 0.15) is 6.92 Å². The van der Waals surface area contributed by atoms with Gasteiger partial charge in [-0.3, -0.25) is 16.1 Å². The van der Waals surface area contributed by atoms with E-state index in [1.807, 2.05) is 0 Å². The fraction of sp³-hybridized carbons (Fsp3) is 0.800. The number of hydrogen-bond donors (Lipinski definition) is 2. The van der Waals surface area contributed by atoms with Gasteiger partial charge in [0.25, 0.3) is 0 Å². The number of amides is 1. The van der Waals surface area contributed by atoms with Crippen molar-refractivity contribution >= 4 is 5.91 Å². The van der Waals surface area contributed by atoms with Gasteiger partial charge in [-0.15, -0.1) is 0 Å². The van der Waals surface area contributed by atoms with Gasteiger partial charge in [0.05, 0.1) is 0 Å². The molecule has 0 atom stereocenters. The highest BCUT2D eigenvalue weighted by atomic mass is 16.2. The predicted octanol–water partition coefficient (Wildman–Crippen LogP) is -1.07. The fourth-order valence-corrected chi connectivity index (χ4v) is 0.390. The van der Waals surface area contributed by atoms with Gasteiger partial charge in [-0.1, -0.05) is 0 Å². The molecule has 1 amide bonds. The van der Waals surface area contributed by atoms with E-state index in [9.17, 15) is 4.79 Å². The van der Waals surface area contributed by atoms with Gasteiger partial charge in [-0.05, 0) is 0 Å². The minimum absolute atomic E-state index is 0.0604. The first kappa shape index (κ1) is 8.39. The highest BCUT2D eigenvalue weighted by Crippen LogP contribution is 1.78. The van der Waals surface area contributed by atoms with E-state index >= 15 is 0 Å². The highest BCUT2D eigenvalue weighted by molar-refractivity contribution is 5.72. The molecule has 0 radical (unpaired) electrons. The minimum atomic E-state index is 0.0604. The Morgan fingerprint density at radius 2 is 2.33 bits per heavy atom. The van der Waals surface area contributed by atoms with E-state index in [1.54, 1.807) is 11.9 Å². The molecule has 0 spiro atoms. The Morgan fingerprint density at radius 3 is 2.67 bits per heavy atom. The maximum absolute atomic E-state index is 10.5. The van der Waals surface area contributed by atoms with Gasteiger partial charge in [-0.2, -0.15) is 0 Å². The molecular weight excluding hydrogens is 118 g/mol. The van der Waals surface area contributed by atoms with Crippen LogP contribution in [-0.2, 0) is 4.79 Å². The molecule has 4 heteroatoms. The summed E-state index contributed by atoms with van der Waals surface area (Å²) in [6.45, 7) is 2.82. The molecule has 0 aromatic carbocycles. The molecule has 0 aliphatic rings. The van der Waals surface area contributed by atoms with Gasteiger partial charge in [0, 0.05) is 27.1 Å². The van der Waals surface area contributed by atoms with Crippen molar-refractivity contribution in [3.8, 4) is 0 Å². The zero-order chi connectivity index (χ0) is 7.28. The summed E-state index contributed by atoms with van der Waals surface area (Å²) >= 11 is 0. The summed E-state index contributed by atoms with van der Waals surface area (Å²) in [5.74, 6) is 5.05. The molecule has 3 N–H and O–H groups in total. The lowest BCUT2D eigenvalue weighted by Crippen LogP contribution is -2.35. The summed E-state index contributed by atoms with van der Waals surface area (Å²) in [7, 11) is 1.74. The Balaban J connectivity index is 3.27. The van der Waals surface area contributed by atoms with E-state index in [4.69, 9.17) is 5.84 Å². The Kier molecular flexibility index (Phi) is 4.00. The molecule has 0 unspecified atom stereocenters. The van der Waals surface area contributed by atoms with Gasteiger partial charge in [-0.25, -0.2) is 0 Å². The highest BCUT2D eigenvalue weighted by Gasteiger charge is 1.98. The third kappa shape index (κ3) is 3.93. The predicted molar refractivity (Wildman–Crippen MR) is 35.5 cm³/mol. The normalized spacial score (nSPS) is 9.22. The molecule has 9 heavy (non-hydrogen) atoms. The first-order valence-corrected chi connectivity index (χ1v) is 2.83. The van der Waals surface area contributed by atoms with Crippen molar-refractivity contribution in [2.24, 2.45) is 5.84 Å². The van der Waals surface area contributed by atoms with E-state index in [0.29, 0.717) is 13.1 Å². The summed E-state index contributed by atoms with van der Waals surface area (Å²) in [6.07, 6.45) is 0. The first-order valence-electron chi connectivity index (χ1n) is 2.83. The van der Waals surface area contributed by atoms with E-state index < -0.39 is 0 Å². The van der Waals surface area contributed by atoms with Crippen molar-refractivity contribution in [3.05, 3.63) is 0 Å². The van der Waals surface area contributed by atoms with E-state index in [1.165, 1.54) is 6.92 Å².